The molecule has 1 heterocycles. The molecule has 1 aromatic carbocycles. The van der Waals surface area contributed by atoms with Gasteiger partial charge in [0.2, 0.25) is 0 Å². The number of nitrogens with two attached hydrogens (primary N) is 1. The summed E-state index contributed by atoms with van der Waals surface area (Å²) in [5.41, 5.74) is 0.607. The first-order valence-electron chi connectivity index (χ1n) is 5.65. The highest BCUT2D eigenvalue weighted by Gasteiger charge is 2.23. The first kappa shape index (κ1) is 15.2. The van der Waals surface area contributed by atoms with E-state index in [9.17, 15) is 8.42 Å². The Kier molecular flexibility index (Phi) is 4.06. The molecule has 0 aliphatic carbocycles. The van der Waals surface area contributed by atoms with E-state index < -0.39 is 10.0 Å². The Morgan fingerprint density at radius 1 is 1.20 bits per heavy atom. The van der Waals surface area contributed by atoms with Crippen molar-refractivity contribution < 1.29 is 8.42 Å². The highest BCUT2D eigenvalue weighted by molar-refractivity contribution is 7.89. The maximum absolute atomic E-state index is 11.5. The lowest BCUT2D eigenvalue weighted by atomic mass is 10.2. The van der Waals surface area contributed by atoms with Crippen LogP contribution in [-0.2, 0) is 10.0 Å². The van der Waals surface area contributed by atoms with E-state index in [1.807, 2.05) is 0 Å². The molecule has 20 heavy (non-hydrogen) atoms. The number of primary sulfonamides is 1. The summed E-state index contributed by atoms with van der Waals surface area (Å²) in [4.78, 5) is 0. The zero-order chi connectivity index (χ0) is 15.1. The van der Waals surface area contributed by atoms with Crippen molar-refractivity contribution in [3.63, 3.8) is 0 Å². The van der Waals surface area contributed by atoms with Gasteiger partial charge in [-0.1, -0.05) is 23.2 Å². The second kappa shape index (κ2) is 5.33. The van der Waals surface area contributed by atoms with Gasteiger partial charge in [-0.3, -0.25) is 4.57 Å². The van der Waals surface area contributed by atoms with Crippen LogP contribution in [0.2, 0.25) is 10.0 Å². The molecule has 0 spiro atoms. The lowest BCUT2D eigenvalue weighted by molar-refractivity contribution is 0.524. The summed E-state index contributed by atoms with van der Waals surface area (Å²) in [6, 6.07) is 4.70. The number of sulfonamides is 1. The fraction of sp³-hybridized carbons (Fsp3) is 0.273. The van der Waals surface area contributed by atoms with Crippen LogP contribution in [0.3, 0.4) is 0 Å². The summed E-state index contributed by atoms with van der Waals surface area (Å²) in [6.07, 6.45) is 0. The molecule has 0 amide bonds. The van der Waals surface area contributed by atoms with Crippen molar-refractivity contribution >= 4 is 33.2 Å². The molecule has 2 N–H and O–H groups in total. The van der Waals surface area contributed by atoms with E-state index in [0.29, 0.717) is 21.4 Å². The van der Waals surface area contributed by atoms with Crippen molar-refractivity contribution in [2.75, 3.05) is 0 Å². The molecule has 1 aromatic heterocycles. The van der Waals surface area contributed by atoms with Gasteiger partial charge in [-0.2, -0.15) is 0 Å². The molecule has 2 rings (SSSR count). The molecular weight excluding hydrogens is 323 g/mol. The van der Waals surface area contributed by atoms with E-state index in [-0.39, 0.29) is 11.2 Å². The number of hydrogen-bond acceptors (Lipinski definition) is 4. The number of aromatic nitrogens is 3. The summed E-state index contributed by atoms with van der Waals surface area (Å²) in [7, 11) is -3.95. The predicted molar refractivity (Wildman–Crippen MR) is 77.2 cm³/mol. The van der Waals surface area contributed by atoms with Crippen molar-refractivity contribution in [3.8, 4) is 11.4 Å². The van der Waals surface area contributed by atoms with Crippen LogP contribution >= 0.6 is 23.2 Å². The number of hydrogen-bond donors (Lipinski definition) is 1. The van der Waals surface area contributed by atoms with Crippen LogP contribution in [0.15, 0.2) is 23.4 Å². The van der Waals surface area contributed by atoms with Crippen LogP contribution in [0, 0.1) is 0 Å². The Labute approximate surface area is 126 Å². The summed E-state index contributed by atoms with van der Waals surface area (Å²) in [6.45, 7) is 3.61. The first-order valence-corrected chi connectivity index (χ1v) is 7.95. The summed E-state index contributed by atoms with van der Waals surface area (Å²) in [5.74, 6) is 0.364. The molecule has 0 saturated carbocycles. The third-order valence-corrected chi connectivity index (χ3v) is 4.14. The van der Waals surface area contributed by atoms with E-state index in [1.54, 1.807) is 32.0 Å². The van der Waals surface area contributed by atoms with Crippen LogP contribution in [0.25, 0.3) is 11.4 Å². The Bertz CT molecular complexity index is 756. The number of nitrogens with zero attached hydrogens (tertiary/aromatic N) is 3. The largest absolute Gasteiger partial charge is 0.294 e. The van der Waals surface area contributed by atoms with Crippen LogP contribution < -0.4 is 5.14 Å². The zero-order valence-electron chi connectivity index (χ0n) is 10.7. The minimum absolute atomic E-state index is 0.192. The fourth-order valence-electron chi connectivity index (χ4n) is 1.77. The van der Waals surface area contributed by atoms with Crippen molar-refractivity contribution in [1.29, 1.82) is 0 Å². The molecule has 0 radical (unpaired) electrons. The third kappa shape index (κ3) is 2.80. The predicted octanol–water partition coefficient (Wildman–Crippen LogP) is 2.48. The van der Waals surface area contributed by atoms with Gasteiger partial charge in [0, 0.05) is 11.6 Å². The second-order valence-corrected chi connectivity index (χ2v) is 6.71. The molecular formula is C11H12Cl2N4O2S. The molecule has 0 atom stereocenters. The number of rotatable bonds is 3. The molecule has 108 valence electrons. The summed E-state index contributed by atoms with van der Waals surface area (Å²) >= 11 is 11.8. The van der Waals surface area contributed by atoms with Crippen molar-refractivity contribution in [1.82, 2.24) is 14.8 Å². The molecule has 0 fully saturated rings. The van der Waals surface area contributed by atoms with Crippen molar-refractivity contribution in [2.24, 2.45) is 5.14 Å². The van der Waals surface area contributed by atoms with E-state index in [4.69, 9.17) is 28.3 Å². The molecule has 0 unspecified atom stereocenters. The van der Waals surface area contributed by atoms with E-state index in [2.05, 4.69) is 10.2 Å². The molecule has 6 nitrogen and oxygen atoms in total. The smallest absolute Gasteiger partial charge is 0.273 e. The molecule has 2 aromatic rings. The van der Waals surface area contributed by atoms with Crippen molar-refractivity contribution in [3.05, 3.63) is 28.2 Å². The monoisotopic (exact) mass is 334 g/mol. The average molecular weight is 335 g/mol. The topological polar surface area (TPSA) is 90.9 Å². The SMILES string of the molecule is CC(C)n1c(-c2ccc(Cl)c(Cl)c2)nnc1S(N)(=O)=O. The summed E-state index contributed by atoms with van der Waals surface area (Å²) in [5, 5.41) is 13.2. The van der Waals surface area contributed by atoms with Gasteiger partial charge in [-0.25, -0.2) is 13.6 Å². The number of benzene rings is 1. The fourth-order valence-corrected chi connectivity index (χ4v) is 2.79. The third-order valence-electron chi connectivity index (χ3n) is 2.61. The van der Waals surface area contributed by atoms with Gasteiger partial charge in [0.1, 0.15) is 0 Å². The van der Waals surface area contributed by atoms with E-state index >= 15 is 0 Å². The van der Waals surface area contributed by atoms with Gasteiger partial charge in [-0.05, 0) is 32.0 Å². The molecule has 9 heteroatoms. The molecule has 0 saturated heterocycles. The minimum atomic E-state index is -3.95. The standard InChI is InChI=1S/C11H12Cl2N4O2S/c1-6(2)17-10(15-16-11(17)20(14,18)19)7-3-4-8(12)9(13)5-7/h3-6H,1-2H3,(H2,14,18,19). The van der Waals surface area contributed by atoms with Gasteiger partial charge >= 0.3 is 0 Å². The van der Waals surface area contributed by atoms with Crippen LogP contribution in [0.5, 0.6) is 0 Å². The molecule has 0 bridgehead atoms. The Morgan fingerprint density at radius 2 is 1.85 bits per heavy atom. The maximum atomic E-state index is 11.5. The van der Waals surface area contributed by atoms with Gasteiger partial charge in [0.25, 0.3) is 15.2 Å². The van der Waals surface area contributed by atoms with Crippen molar-refractivity contribution in [2.45, 2.75) is 25.0 Å². The first-order chi connectivity index (χ1) is 9.21. The Morgan fingerprint density at radius 3 is 2.35 bits per heavy atom. The lowest BCUT2D eigenvalue weighted by Gasteiger charge is -2.13. The quantitative estimate of drug-likeness (QED) is 0.933. The molecule has 0 aliphatic rings. The Balaban J connectivity index is 2.69. The zero-order valence-corrected chi connectivity index (χ0v) is 13.0. The molecule has 0 aliphatic heterocycles. The second-order valence-electron chi connectivity index (χ2n) is 4.44. The van der Waals surface area contributed by atoms with Gasteiger partial charge in [0.05, 0.1) is 10.0 Å². The maximum Gasteiger partial charge on any atom is 0.273 e. The highest BCUT2D eigenvalue weighted by Crippen LogP contribution is 2.29. The van der Waals surface area contributed by atoms with E-state index in [0.717, 1.165) is 0 Å². The Hall–Kier alpha value is -1.15. The normalized spacial score (nSPS) is 12.1. The van der Waals surface area contributed by atoms with E-state index in [1.165, 1.54) is 4.57 Å². The minimum Gasteiger partial charge on any atom is -0.294 e. The highest BCUT2D eigenvalue weighted by atomic mass is 35.5. The van der Waals surface area contributed by atoms with Crippen LogP contribution in [0.4, 0.5) is 0 Å². The van der Waals surface area contributed by atoms with Crippen LogP contribution in [-0.4, -0.2) is 23.2 Å². The number of halogens is 2. The van der Waals surface area contributed by atoms with Crippen LogP contribution in [0.1, 0.15) is 19.9 Å². The summed E-state index contributed by atoms with van der Waals surface area (Å²) < 4.78 is 24.5. The van der Waals surface area contributed by atoms with Gasteiger partial charge in [0.15, 0.2) is 5.82 Å². The lowest BCUT2D eigenvalue weighted by Crippen LogP contribution is -2.20. The van der Waals surface area contributed by atoms with Gasteiger partial charge < -0.3 is 0 Å². The van der Waals surface area contributed by atoms with Gasteiger partial charge in [-0.15, -0.1) is 10.2 Å². The average Bonchev–Trinajstić information content (AvgIpc) is 2.77.